The largest absolute Gasteiger partial charge is 0.392 e. The summed E-state index contributed by atoms with van der Waals surface area (Å²) in [5, 5.41) is 0. The van der Waals surface area contributed by atoms with Crippen LogP contribution < -0.4 is 0 Å². The van der Waals surface area contributed by atoms with Crippen LogP contribution in [0.4, 0.5) is 0 Å². The molecule has 0 spiro atoms. The quantitative estimate of drug-likeness (QED) is 0.299. The third kappa shape index (κ3) is 1.01. The van der Waals surface area contributed by atoms with E-state index in [0.717, 1.165) is 47.8 Å². The van der Waals surface area contributed by atoms with Crippen molar-refractivity contribution in [2.45, 2.75) is 26.2 Å². The minimum Gasteiger partial charge on any atom is -0.392 e. The lowest BCUT2D eigenvalue weighted by Gasteiger charge is -2.48. The maximum Gasteiger partial charge on any atom is 0.320 e. The third-order valence-electron chi connectivity index (χ3n) is 9.77. The number of hydrogen-bond acceptors (Lipinski definition) is 3. The van der Waals surface area contributed by atoms with Gasteiger partial charge in [-0.05, 0) is 85.4 Å². The maximum absolute atomic E-state index is 12.5. The van der Waals surface area contributed by atoms with Crippen molar-refractivity contribution in [2.75, 3.05) is 0 Å². The Morgan fingerprint density at radius 1 is 0.913 bits per heavy atom. The Kier molecular flexibility index (Phi) is 1.77. The molecule has 7 rings (SSSR count). The summed E-state index contributed by atoms with van der Waals surface area (Å²) in [6.07, 6.45) is 8.88. The van der Waals surface area contributed by atoms with Gasteiger partial charge in [0.1, 0.15) is 0 Å². The molecule has 0 aromatic heterocycles. The molecule has 6 fully saturated rings. The Balaban J connectivity index is 1.37. The summed E-state index contributed by atoms with van der Waals surface area (Å²) in [7, 11) is 0. The van der Waals surface area contributed by atoms with Gasteiger partial charge in [-0.25, -0.2) is 0 Å². The molecule has 12 unspecified atom stereocenters. The number of esters is 2. The first-order valence-corrected chi connectivity index (χ1v) is 9.55. The molecule has 12 atom stereocenters. The molecule has 120 valence electrons. The maximum atomic E-state index is 12.5. The highest BCUT2D eigenvalue weighted by molar-refractivity contribution is 6.00. The van der Waals surface area contributed by atoms with Crippen LogP contribution >= 0.6 is 0 Å². The van der Waals surface area contributed by atoms with E-state index in [1.807, 2.05) is 0 Å². The monoisotopic (exact) mass is 310 g/mol. The average molecular weight is 310 g/mol. The molecule has 0 aromatic rings. The summed E-state index contributed by atoms with van der Waals surface area (Å²) in [6.45, 7) is 2.05. The highest BCUT2D eigenvalue weighted by atomic mass is 16.6. The fourth-order valence-electron chi connectivity index (χ4n) is 9.55. The third-order valence-corrected chi connectivity index (χ3v) is 9.77. The standard InChI is InChI=1S/C20H22O3/c1-20-12-6-11(17(20)18(21)23-19(20)22)15-9-5-10(16(12)15)14-8-3-2-7(4-8)13(9)14/h2-3,7-17H,4-6H2,1H3. The average Bonchev–Trinajstić information content (AvgIpc) is 3.28. The first-order chi connectivity index (χ1) is 11.1. The van der Waals surface area contributed by atoms with E-state index in [1.54, 1.807) is 0 Å². The van der Waals surface area contributed by atoms with E-state index in [-0.39, 0.29) is 17.9 Å². The van der Waals surface area contributed by atoms with Gasteiger partial charge in [-0.15, -0.1) is 0 Å². The van der Waals surface area contributed by atoms with Gasteiger partial charge in [-0.3, -0.25) is 9.59 Å². The topological polar surface area (TPSA) is 43.4 Å². The van der Waals surface area contributed by atoms with Gasteiger partial charge in [-0.2, -0.15) is 0 Å². The van der Waals surface area contributed by atoms with Crippen molar-refractivity contribution in [2.24, 2.45) is 70.5 Å². The Morgan fingerprint density at radius 3 is 2.35 bits per heavy atom. The number of ether oxygens (including phenoxy) is 1. The van der Waals surface area contributed by atoms with Crippen LogP contribution in [0, 0.1) is 70.5 Å². The summed E-state index contributed by atoms with van der Waals surface area (Å²) >= 11 is 0. The Bertz CT molecular complexity index is 710. The van der Waals surface area contributed by atoms with Crippen LogP contribution in [0.2, 0.25) is 0 Å². The van der Waals surface area contributed by atoms with Gasteiger partial charge in [0.25, 0.3) is 0 Å². The number of cyclic esters (lactones) is 2. The van der Waals surface area contributed by atoms with E-state index in [4.69, 9.17) is 4.74 Å². The molecule has 0 aromatic carbocycles. The first kappa shape index (κ1) is 12.3. The van der Waals surface area contributed by atoms with Crippen LogP contribution in [0.5, 0.6) is 0 Å². The molecule has 5 saturated carbocycles. The van der Waals surface area contributed by atoms with Gasteiger partial charge in [0.15, 0.2) is 0 Å². The normalized spacial score (nSPS) is 68.7. The number of hydrogen-bond donors (Lipinski definition) is 0. The van der Waals surface area contributed by atoms with E-state index >= 15 is 0 Å². The van der Waals surface area contributed by atoms with Crippen molar-refractivity contribution < 1.29 is 14.3 Å². The second kappa shape index (κ2) is 3.32. The zero-order valence-corrected chi connectivity index (χ0v) is 13.4. The van der Waals surface area contributed by atoms with Crippen molar-refractivity contribution in [1.29, 1.82) is 0 Å². The Morgan fingerprint density at radius 2 is 1.61 bits per heavy atom. The van der Waals surface area contributed by atoms with E-state index in [1.165, 1.54) is 12.8 Å². The van der Waals surface area contributed by atoms with Crippen molar-refractivity contribution in [1.82, 2.24) is 0 Å². The van der Waals surface area contributed by atoms with E-state index < -0.39 is 5.41 Å². The Hall–Kier alpha value is -1.12. The summed E-state index contributed by atoms with van der Waals surface area (Å²) < 4.78 is 5.13. The molecule has 7 aliphatic rings. The van der Waals surface area contributed by atoms with Crippen molar-refractivity contribution in [3.8, 4) is 0 Å². The van der Waals surface area contributed by atoms with E-state index in [9.17, 15) is 9.59 Å². The van der Waals surface area contributed by atoms with Crippen LogP contribution in [-0.2, 0) is 14.3 Å². The number of fused-ring (bicyclic) bond motifs is 19. The van der Waals surface area contributed by atoms with Crippen LogP contribution in [0.25, 0.3) is 0 Å². The van der Waals surface area contributed by atoms with Gasteiger partial charge >= 0.3 is 11.9 Å². The molecule has 0 amide bonds. The van der Waals surface area contributed by atoms with Gasteiger partial charge in [-0.1, -0.05) is 12.2 Å². The fraction of sp³-hybridized carbons (Fsp3) is 0.800. The Labute approximate surface area is 135 Å². The molecular weight excluding hydrogens is 288 g/mol. The molecule has 1 heterocycles. The lowest BCUT2D eigenvalue weighted by molar-refractivity contribution is -0.156. The number of allylic oxidation sites excluding steroid dienone is 2. The van der Waals surface area contributed by atoms with Crippen molar-refractivity contribution >= 4 is 11.9 Å². The minimum atomic E-state index is -0.490. The van der Waals surface area contributed by atoms with Crippen molar-refractivity contribution in [3.05, 3.63) is 12.2 Å². The summed E-state index contributed by atoms with van der Waals surface area (Å²) in [5.41, 5.74) is -0.490. The molecule has 0 radical (unpaired) electrons. The molecule has 6 aliphatic carbocycles. The zero-order valence-electron chi connectivity index (χ0n) is 13.4. The van der Waals surface area contributed by atoms with Crippen LogP contribution in [-0.4, -0.2) is 11.9 Å². The molecule has 1 aliphatic heterocycles. The highest BCUT2D eigenvalue weighted by Crippen LogP contribution is 2.79. The van der Waals surface area contributed by atoms with Crippen LogP contribution in [0.3, 0.4) is 0 Å². The number of carbonyl (C=O) groups excluding carboxylic acids is 2. The van der Waals surface area contributed by atoms with Crippen molar-refractivity contribution in [3.63, 3.8) is 0 Å². The predicted octanol–water partition coefficient (Wildman–Crippen LogP) is 2.66. The van der Waals surface area contributed by atoms with Gasteiger partial charge < -0.3 is 4.74 Å². The lowest BCUT2D eigenvalue weighted by Crippen LogP contribution is -2.49. The number of rotatable bonds is 0. The summed E-state index contributed by atoms with van der Waals surface area (Å²) in [5.74, 6) is 6.85. The van der Waals surface area contributed by atoms with Crippen LogP contribution in [0.15, 0.2) is 12.2 Å². The van der Waals surface area contributed by atoms with E-state index in [0.29, 0.717) is 17.8 Å². The molecule has 3 nitrogen and oxygen atoms in total. The second-order valence-corrected chi connectivity index (χ2v) is 9.80. The molecule has 6 bridgehead atoms. The first-order valence-electron chi connectivity index (χ1n) is 9.55. The fourth-order valence-corrected chi connectivity index (χ4v) is 9.55. The number of carbonyl (C=O) groups is 2. The van der Waals surface area contributed by atoms with Gasteiger partial charge in [0.05, 0.1) is 11.3 Å². The molecule has 0 N–H and O–H groups in total. The van der Waals surface area contributed by atoms with E-state index in [2.05, 4.69) is 19.1 Å². The molecular formula is C20H22O3. The van der Waals surface area contributed by atoms with Gasteiger partial charge in [0.2, 0.25) is 0 Å². The summed E-state index contributed by atoms with van der Waals surface area (Å²) in [6, 6.07) is 0. The minimum absolute atomic E-state index is 0.117. The van der Waals surface area contributed by atoms with Gasteiger partial charge in [0, 0.05) is 0 Å². The van der Waals surface area contributed by atoms with Crippen LogP contribution in [0.1, 0.15) is 26.2 Å². The molecule has 3 heteroatoms. The highest BCUT2D eigenvalue weighted by Gasteiger charge is 2.79. The molecule has 1 saturated heterocycles. The smallest absolute Gasteiger partial charge is 0.320 e. The molecule has 23 heavy (non-hydrogen) atoms. The SMILES string of the molecule is CC12C(=O)OC(=O)C1C1CC2C2C3CC(C4C5C=CC(C5)C34)C12. The summed E-state index contributed by atoms with van der Waals surface area (Å²) in [4.78, 5) is 24.8. The zero-order chi connectivity index (χ0) is 15.2. The second-order valence-electron chi connectivity index (χ2n) is 9.80. The lowest BCUT2D eigenvalue weighted by atomic mass is 9.54. The predicted molar refractivity (Wildman–Crippen MR) is 80.6 cm³/mol.